The van der Waals surface area contributed by atoms with Crippen LogP contribution in [0.3, 0.4) is 0 Å². The Bertz CT molecular complexity index is 485. The quantitative estimate of drug-likeness (QED) is 0.350. The van der Waals surface area contributed by atoms with Gasteiger partial charge >= 0.3 is 5.97 Å². The van der Waals surface area contributed by atoms with E-state index < -0.39 is 28.1 Å². The maximum absolute atomic E-state index is 13.1. The molecule has 1 rings (SSSR count). The Hall–Kier alpha value is -2.44. The molecule has 0 aliphatic heterocycles. The van der Waals surface area contributed by atoms with Crippen molar-refractivity contribution >= 4 is 23.4 Å². The SMILES string of the molecule is Nc1c(F)cc(C=CC(=O)O)cc1[N+](=O)[O-]. The molecule has 0 atom stereocenters. The molecule has 0 saturated heterocycles. The van der Waals surface area contributed by atoms with Gasteiger partial charge in [-0.2, -0.15) is 0 Å². The summed E-state index contributed by atoms with van der Waals surface area (Å²) in [6.07, 6.45) is 1.78. The zero-order valence-electron chi connectivity index (χ0n) is 7.88. The molecule has 0 amide bonds. The first-order valence-corrected chi connectivity index (χ1v) is 4.06. The number of nitro groups is 1. The predicted octanol–water partition coefficient (Wildman–Crippen LogP) is 1.41. The van der Waals surface area contributed by atoms with E-state index in [9.17, 15) is 19.3 Å². The van der Waals surface area contributed by atoms with Gasteiger partial charge in [0.1, 0.15) is 5.69 Å². The van der Waals surface area contributed by atoms with Gasteiger partial charge in [0.05, 0.1) is 4.92 Å². The molecule has 16 heavy (non-hydrogen) atoms. The molecule has 1 aromatic carbocycles. The first kappa shape index (κ1) is 11.6. The first-order valence-electron chi connectivity index (χ1n) is 4.06. The van der Waals surface area contributed by atoms with Gasteiger partial charge in [-0.05, 0) is 17.7 Å². The number of carboxylic acids is 1. The van der Waals surface area contributed by atoms with Crippen LogP contribution < -0.4 is 5.73 Å². The Morgan fingerprint density at radius 3 is 2.69 bits per heavy atom. The summed E-state index contributed by atoms with van der Waals surface area (Å²) in [6.45, 7) is 0. The molecule has 1 aromatic rings. The molecule has 84 valence electrons. The first-order chi connectivity index (χ1) is 7.41. The molecule has 0 fully saturated rings. The van der Waals surface area contributed by atoms with Crippen molar-refractivity contribution in [2.75, 3.05) is 5.73 Å². The van der Waals surface area contributed by atoms with Gasteiger partial charge in [0.2, 0.25) is 0 Å². The molecule has 6 nitrogen and oxygen atoms in total. The fourth-order valence-corrected chi connectivity index (χ4v) is 1.04. The Morgan fingerprint density at radius 2 is 2.19 bits per heavy atom. The van der Waals surface area contributed by atoms with Crippen LogP contribution in [0.15, 0.2) is 18.2 Å². The van der Waals surface area contributed by atoms with Gasteiger partial charge < -0.3 is 10.8 Å². The molecule has 0 aliphatic carbocycles. The van der Waals surface area contributed by atoms with Gasteiger partial charge in [-0.25, -0.2) is 9.18 Å². The molecule has 0 saturated carbocycles. The second kappa shape index (κ2) is 4.39. The van der Waals surface area contributed by atoms with Crippen LogP contribution in [0.1, 0.15) is 5.56 Å². The summed E-state index contributed by atoms with van der Waals surface area (Å²) < 4.78 is 13.1. The number of rotatable bonds is 3. The number of nitro benzene ring substituents is 1. The monoisotopic (exact) mass is 226 g/mol. The fraction of sp³-hybridized carbons (Fsp3) is 0. The number of aliphatic carboxylic acids is 1. The van der Waals surface area contributed by atoms with E-state index in [1.807, 2.05) is 0 Å². The van der Waals surface area contributed by atoms with Crippen molar-refractivity contribution in [2.24, 2.45) is 0 Å². The average Bonchev–Trinajstić information content (AvgIpc) is 2.19. The minimum atomic E-state index is -1.24. The number of nitrogens with zero attached hydrogens (tertiary/aromatic N) is 1. The summed E-state index contributed by atoms with van der Waals surface area (Å²) in [6, 6.07) is 1.92. The van der Waals surface area contributed by atoms with E-state index in [1.54, 1.807) is 0 Å². The Labute approximate surface area is 89.0 Å². The van der Waals surface area contributed by atoms with Crippen LogP contribution in [0.5, 0.6) is 0 Å². The normalized spacial score (nSPS) is 10.6. The van der Waals surface area contributed by atoms with E-state index in [1.165, 1.54) is 0 Å². The fourth-order valence-electron chi connectivity index (χ4n) is 1.04. The van der Waals surface area contributed by atoms with Gasteiger partial charge in [0.15, 0.2) is 5.82 Å². The highest BCUT2D eigenvalue weighted by Gasteiger charge is 2.16. The number of nitrogens with two attached hydrogens (primary N) is 1. The zero-order valence-corrected chi connectivity index (χ0v) is 7.88. The third-order valence-electron chi connectivity index (χ3n) is 1.75. The van der Waals surface area contributed by atoms with E-state index in [2.05, 4.69) is 0 Å². The van der Waals surface area contributed by atoms with Crippen LogP contribution >= 0.6 is 0 Å². The topological polar surface area (TPSA) is 106 Å². The molecular weight excluding hydrogens is 219 g/mol. The standard InChI is InChI=1S/C9H7FN2O4/c10-6-3-5(1-2-8(13)14)4-7(9(6)11)12(15)16/h1-4H,11H2,(H,13,14). The molecule has 0 aliphatic rings. The average molecular weight is 226 g/mol. The second-order valence-electron chi connectivity index (χ2n) is 2.86. The van der Waals surface area contributed by atoms with Gasteiger partial charge in [-0.1, -0.05) is 0 Å². The number of hydrogen-bond acceptors (Lipinski definition) is 4. The van der Waals surface area contributed by atoms with E-state index in [4.69, 9.17) is 10.8 Å². The predicted molar refractivity (Wildman–Crippen MR) is 54.1 cm³/mol. The number of carbonyl (C=O) groups is 1. The van der Waals surface area contributed by atoms with Crippen molar-refractivity contribution in [1.29, 1.82) is 0 Å². The second-order valence-corrected chi connectivity index (χ2v) is 2.86. The number of anilines is 1. The number of halogens is 1. The molecule has 0 aromatic heterocycles. The summed E-state index contributed by atoms with van der Waals surface area (Å²) in [5, 5.41) is 18.8. The van der Waals surface area contributed by atoms with E-state index in [0.29, 0.717) is 0 Å². The summed E-state index contributed by atoms with van der Waals surface area (Å²) >= 11 is 0. The molecule has 7 heteroatoms. The number of hydrogen-bond donors (Lipinski definition) is 2. The zero-order chi connectivity index (χ0) is 12.3. The molecule has 0 unspecified atom stereocenters. The summed E-state index contributed by atoms with van der Waals surface area (Å²) in [7, 11) is 0. The molecular formula is C9H7FN2O4. The van der Waals surface area contributed by atoms with Crippen LogP contribution in [-0.2, 0) is 4.79 Å². The minimum Gasteiger partial charge on any atom is -0.478 e. The molecule has 3 N–H and O–H groups in total. The third-order valence-corrected chi connectivity index (χ3v) is 1.75. The lowest BCUT2D eigenvalue weighted by Crippen LogP contribution is -1.99. The summed E-state index contributed by atoms with van der Waals surface area (Å²) in [5.41, 5.74) is 4.04. The van der Waals surface area contributed by atoms with Crippen molar-refractivity contribution in [2.45, 2.75) is 0 Å². The van der Waals surface area contributed by atoms with E-state index in [-0.39, 0.29) is 5.56 Å². The van der Waals surface area contributed by atoms with Crippen LogP contribution in [-0.4, -0.2) is 16.0 Å². The number of carboxylic acid groups (broad SMARTS) is 1. The van der Waals surface area contributed by atoms with Crippen molar-refractivity contribution in [3.8, 4) is 0 Å². The van der Waals surface area contributed by atoms with Crippen molar-refractivity contribution in [1.82, 2.24) is 0 Å². The van der Waals surface area contributed by atoms with Crippen LogP contribution in [0.2, 0.25) is 0 Å². The van der Waals surface area contributed by atoms with Crippen LogP contribution in [0.4, 0.5) is 15.8 Å². The molecule has 0 spiro atoms. The number of nitrogen functional groups attached to an aromatic ring is 1. The molecule has 0 heterocycles. The minimum absolute atomic E-state index is 0.0563. The van der Waals surface area contributed by atoms with E-state index in [0.717, 1.165) is 24.3 Å². The Balaban J connectivity index is 3.24. The van der Waals surface area contributed by atoms with Crippen molar-refractivity contribution in [3.05, 3.63) is 39.7 Å². The van der Waals surface area contributed by atoms with Crippen molar-refractivity contribution < 1.29 is 19.2 Å². The molecule has 0 bridgehead atoms. The lowest BCUT2D eigenvalue weighted by Gasteiger charge is -2.00. The highest BCUT2D eigenvalue weighted by Crippen LogP contribution is 2.26. The van der Waals surface area contributed by atoms with Crippen LogP contribution in [0.25, 0.3) is 6.08 Å². The largest absolute Gasteiger partial charge is 0.478 e. The molecule has 0 radical (unpaired) electrons. The number of benzene rings is 1. The smallest absolute Gasteiger partial charge is 0.328 e. The highest BCUT2D eigenvalue weighted by molar-refractivity contribution is 5.85. The summed E-state index contributed by atoms with van der Waals surface area (Å²) in [4.78, 5) is 19.9. The lowest BCUT2D eigenvalue weighted by molar-refractivity contribution is -0.384. The van der Waals surface area contributed by atoms with Crippen LogP contribution in [0, 0.1) is 15.9 Å². The maximum Gasteiger partial charge on any atom is 0.328 e. The maximum atomic E-state index is 13.1. The third kappa shape index (κ3) is 2.53. The van der Waals surface area contributed by atoms with Crippen molar-refractivity contribution in [3.63, 3.8) is 0 Å². The highest BCUT2D eigenvalue weighted by atomic mass is 19.1. The van der Waals surface area contributed by atoms with Gasteiger partial charge in [-0.3, -0.25) is 10.1 Å². The summed E-state index contributed by atoms with van der Waals surface area (Å²) in [5.74, 6) is -2.20. The Kier molecular flexibility index (Phi) is 3.19. The lowest BCUT2D eigenvalue weighted by atomic mass is 10.1. The van der Waals surface area contributed by atoms with Gasteiger partial charge in [0.25, 0.3) is 5.69 Å². The Morgan fingerprint density at radius 1 is 1.56 bits per heavy atom. The van der Waals surface area contributed by atoms with Gasteiger partial charge in [-0.15, -0.1) is 0 Å². The van der Waals surface area contributed by atoms with E-state index >= 15 is 0 Å². The van der Waals surface area contributed by atoms with Gasteiger partial charge in [0, 0.05) is 12.1 Å².